The Labute approximate surface area is 118 Å². The molecule has 0 aliphatic rings. The first kappa shape index (κ1) is 14.1. The van der Waals surface area contributed by atoms with Gasteiger partial charge in [-0.15, -0.1) is 0 Å². The molecule has 0 amide bonds. The molecule has 0 heterocycles. The van der Waals surface area contributed by atoms with Crippen molar-refractivity contribution in [3.8, 4) is 0 Å². The van der Waals surface area contributed by atoms with Crippen molar-refractivity contribution in [2.45, 2.75) is 40.0 Å². The molecule has 0 fully saturated rings. The summed E-state index contributed by atoms with van der Waals surface area (Å²) in [6.45, 7) is 6.58. The van der Waals surface area contributed by atoms with E-state index in [0.29, 0.717) is 0 Å². The van der Waals surface area contributed by atoms with E-state index in [-0.39, 0.29) is 5.41 Å². The minimum absolute atomic E-state index is 0.182. The van der Waals surface area contributed by atoms with Crippen LogP contribution >= 0.6 is 34.8 Å². The van der Waals surface area contributed by atoms with Crippen molar-refractivity contribution in [1.29, 1.82) is 0 Å². The van der Waals surface area contributed by atoms with Crippen LogP contribution in [0.1, 0.15) is 39.2 Å². The molecule has 0 radical (unpaired) electrons. The monoisotopic (exact) mass is 346 g/mol. The Bertz CT molecular complexity index is 346. The Morgan fingerprint density at radius 2 is 1.75 bits per heavy atom. The maximum Gasteiger partial charge on any atom is 0.0130 e. The predicted molar refractivity (Wildman–Crippen MR) is 84.2 cm³/mol. The minimum atomic E-state index is 0.182. The fourth-order valence-electron chi connectivity index (χ4n) is 1.48. The zero-order valence-electron chi connectivity index (χ0n) is 10.2. The van der Waals surface area contributed by atoms with Gasteiger partial charge in [-0.05, 0) is 69.8 Å². The third kappa shape index (κ3) is 4.91. The van der Waals surface area contributed by atoms with Gasteiger partial charge in [-0.2, -0.15) is 0 Å². The van der Waals surface area contributed by atoms with Gasteiger partial charge in [-0.1, -0.05) is 45.1 Å². The maximum atomic E-state index is 5.43. The van der Waals surface area contributed by atoms with Crippen molar-refractivity contribution in [1.82, 2.24) is 0 Å². The molecular weight excluding hydrogens is 327 g/mol. The zero-order valence-corrected chi connectivity index (χ0v) is 13.2. The average Bonchev–Trinajstić information content (AvgIpc) is 2.19. The lowest BCUT2D eigenvalue weighted by atomic mass is 9.89. The second-order valence-electron chi connectivity index (χ2n) is 5.15. The van der Waals surface area contributed by atoms with E-state index in [1.165, 1.54) is 14.0 Å². The lowest BCUT2D eigenvalue weighted by Gasteiger charge is -2.19. The van der Waals surface area contributed by atoms with Gasteiger partial charge in [0.2, 0.25) is 0 Å². The Morgan fingerprint density at radius 3 is 2.25 bits per heavy atom. The van der Waals surface area contributed by atoms with E-state index < -0.39 is 0 Å². The topological polar surface area (TPSA) is 0 Å². The standard InChI is InChI=1S/C14H19IS/c1-14(2,3)13(16)6-4-5-11-7-9-12(15)10-8-11/h7-10H,4-6H2,1-3H3. The summed E-state index contributed by atoms with van der Waals surface area (Å²) in [5.74, 6) is 0. The molecule has 1 aromatic carbocycles. The van der Waals surface area contributed by atoms with Crippen LogP contribution in [0, 0.1) is 8.99 Å². The van der Waals surface area contributed by atoms with Crippen molar-refractivity contribution in [2.75, 3.05) is 0 Å². The molecule has 0 aliphatic carbocycles. The van der Waals surface area contributed by atoms with E-state index in [9.17, 15) is 0 Å². The highest BCUT2D eigenvalue weighted by Crippen LogP contribution is 2.20. The quantitative estimate of drug-likeness (QED) is 0.544. The number of halogens is 1. The maximum absolute atomic E-state index is 5.43. The van der Waals surface area contributed by atoms with Gasteiger partial charge in [-0.25, -0.2) is 0 Å². The molecule has 0 saturated heterocycles. The summed E-state index contributed by atoms with van der Waals surface area (Å²) in [4.78, 5) is 1.19. The van der Waals surface area contributed by atoms with E-state index in [1.807, 2.05) is 0 Å². The average molecular weight is 346 g/mol. The lowest BCUT2D eigenvalue weighted by Crippen LogP contribution is -2.17. The minimum Gasteiger partial charge on any atom is -0.0891 e. The smallest absolute Gasteiger partial charge is 0.0130 e. The van der Waals surface area contributed by atoms with Crippen LogP contribution in [-0.4, -0.2) is 4.86 Å². The number of benzene rings is 1. The Hall–Kier alpha value is 0.0400. The van der Waals surface area contributed by atoms with Gasteiger partial charge in [0.1, 0.15) is 0 Å². The molecule has 0 atom stereocenters. The third-order valence-corrected chi connectivity index (χ3v) is 4.15. The Balaban J connectivity index is 2.36. The molecule has 0 saturated carbocycles. The molecule has 0 nitrogen and oxygen atoms in total. The highest BCUT2D eigenvalue weighted by Gasteiger charge is 2.15. The molecular formula is C14H19IS. The van der Waals surface area contributed by atoms with E-state index in [0.717, 1.165) is 19.3 Å². The van der Waals surface area contributed by atoms with E-state index in [1.54, 1.807) is 0 Å². The first-order valence-electron chi connectivity index (χ1n) is 5.67. The molecule has 0 bridgehead atoms. The van der Waals surface area contributed by atoms with Gasteiger partial charge in [0.15, 0.2) is 0 Å². The van der Waals surface area contributed by atoms with E-state index in [4.69, 9.17) is 12.2 Å². The molecule has 1 rings (SSSR count). The second kappa shape index (κ2) is 6.10. The van der Waals surface area contributed by atoms with Crippen LogP contribution in [0.4, 0.5) is 0 Å². The molecule has 1 aromatic rings. The summed E-state index contributed by atoms with van der Waals surface area (Å²) >= 11 is 7.76. The SMILES string of the molecule is CC(C)(C)C(=S)CCCc1ccc(I)cc1. The highest BCUT2D eigenvalue weighted by atomic mass is 127. The van der Waals surface area contributed by atoms with Gasteiger partial charge in [0, 0.05) is 3.57 Å². The first-order valence-corrected chi connectivity index (χ1v) is 7.16. The number of thiocarbonyl (C=S) groups is 1. The predicted octanol–water partition coefficient (Wildman–Crippen LogP) is 5.03. The highest BCUT2D eigenvalue weighted by molar-refractivity contribution is 14.1. The van der Waals surface area contributed by atoms with Crippen LogP contribution in [0.2, 0.25) is 0 Å². The molecule has 0 N–H and O–H groups in total. The number of hydrogen-bond acceptors (Lipinski definition) is 1. The number of aryl methyl sites for hydroxylation is 1. The van der Waals surface area contributed by atoms with E-state index in [2.05, 4.69) is 67.6 Å². The van der Waals surface area contributed by atoms with Crippen LogP contribution in [0.25, 0.3) is 0 Å². The normalized spacial score (nSPS) is 11.5. The number of hydrogen-bond donors (Lipinski definition) is 0. The first-order chi connectivity index (χ1) is 7.39. The van der Waals surface area contributed by atoms with Crippen molar-refractivity contribution in [3.05, 3.63) is 33.4 Å². The van der Waals surface area contributed by atoms with Gasteiger partial charge in [-0.3, -0.25) is 0 Å². The van der Waals surface area contributed by atoms with Crippen LogP contribution in [0.15, 0.2) is 24.3 Å². The lowest BCUT2D eigenvalue weighted by molar-refractivity contribution is 0.583. The molecule has 0 aromatic heterocycles. The third-order valence-electron chi connectivity index (χ3n) is 2.62. The summed E-state index contributed by atoms with van der Waals surface area (Å²) in [5.41, 5.74) is 1.60. The second-order valence-corrected chi connectivity index (χ2v) is 6.89. The number of rotatable bonds is 4. The van der Waals surface area contributed by atoms with Crippen molar-refractivity contribution < 1.29 is 0 Å². The summed E-state index contributed by atoms with van der Waals surface area (Å²) in [6.07, 6.45) is 3.36. The van der Waals surface area contributed by atoms with Crippen molar-refractivity contribution in [3.63, 3.8) is 0 Å². The largest absolute Gasteiger partial charge is 0.0891 e. The Morgan fingerprint density at radius 1 is 1.19 bits per heavy atom. The van der Waals surface area contributed by atoms with Gasteiger partial charge < -0.3 is 0 Å². The molecule has 16 heavy (non-hydrogen) atoms. The fourth-order valence-corrected chi connectivity index (χ4v) is 1.98. The summed E-state index contributed by atoms with van der Waals surface area (Å²) in [7, 11) is 0. The van der Waals surface area contributed by atoms with Gasteiger partial charge >= 0.3 is 0 Å². The van der Waals surface area contributed by atoms with E-state index >= 15 is 0 Å². The van der Waals surface area contributed by atoms with Gasteiger partial charge in [0.05, 0.1) is 0 Å². The van der Waals surface area contributed by atoms with Crippen LogP contribution < -0.4 is 0 Å². The molecule has 0 unspecified atom stereocenters. The zero-order chi connectivity index (χ0) is 12.2. The molecule has 2 heteroatoms. The molecule has 88 valence electrons. The summed E-state index contributed by atoms with van der Waals surface area (Å²) in [5, 5.41) is 0. The summed E-state index contributed by atoms with van der Waals surface area (Å²) in [6, 6.07) is 8.75. The van der Waals surface area contributed by atoms with Crippen LogP contribution in [0.5, 0.6) is 0 Å². The van der Waals surface area contributed by atoms with Gasteiger partial charge in [0.25, 0.3) is 0 Å². The fraction of sp³-hybridized carbons (Fsp3) is 0.500. The van der Waals surface area contributed by atoms with Crippen molar-refractivity contribution in [2.24, 2.45) is 5.41 Å². The van der Waals surface area contributed by atoms with Crippen LogP contribution in [-0.2, 0) is 6.42 Å². The molecule has 0 spiro atoms. The van der Waals surface area contributed by atoms with Crippen molar-refractivity contribution >= 4 is 39.7 Å². The molecule has 0 aliphatic heterocycles. The summed E-state index contributed by atoms with van der Waals surface area (Å²) < 4.78 is 1.30. The van der Waals surface area contributed by atoms with Crippen LogP contribution in [0.3, 0.4) is 0 Å². The Kier molecular flexibility index (Phi) is 5.38.